The van der Waals surface area contributed by atoms with Crippen molar-refractivity contribution in [1.29, 1.82) is 0 Å². The Balaban J connectivity index is 1.64. The van der Waals surface area contributed by atoms with E-state index in [1.54, 1.807) is 14.2 Å². The fourth-order valence-corrected chi connectivity index (χ4v) is 3.54. The predicted molar refractivity (Wildman–Crippen MR) is 113 cm³/mol. The summed E-state index contributed by atoms with van der Waals surface area (Å²) in [5.74, 6) is 2.41. The molecule has 0 bridgehead atoms. The van der Waals surface area contributed by atoms with Crippen molar-refractivity contribution in [2.24, 2.45) is 5.92 Å². The third-order valence-corrected chi connectivity index (χ3v) is 5.69. The minimum atomic E-state index is -0.180. The molecule has 3 rings (SSSR count). The number of amides is 1. The summed E-state index contributed by atoms with van der Waals surface area (Å²) in [7, 11) is 3.19. The van der Waals surface area contributed by atoms with Crippen molar-refractivity contribution in [3.63, 3.8) is 0 Å². The summed E-state index contributed by atoms with van der Waals surface area (Å²) < 4.78 is 16.1. The van der Waals surface area contributed by atoms with Crippen LogP contribution in [0.2, 0.25) is 0 Å². The molecule has 2 heterocycles. The standard InChI is InChI=1S/C22H32N4O4/c1-6-22(2,3)24-21(27)16-8-7-11-26(13-16)14-19-23-20(25-30-19)15-9-10-17(28-4)18(12-15)29-5/h9-10,12,16H,6-8,11,13-14H2,1-5H3,(H,24,27). The number of hydrogen-bond donors (Lipinski definition) is 1. The Labute approximate surface area is 177 Å². The Hall–Kier alpha value is -2.61. The van der Waals surface area contributed by atoms with Crippen LogP contribution in [0.15, 0.2) is 22.7 Å². The van der Waals surface area contributed by atoms with Gasteiger partial charge in [0.15, 0.2) is 11.5 Å². The van der Waals surface area contributed by atoms with Gasteiger partial charge in [-0.25, -0.2) is 0 Å². The van der Waals surface area contributed by atoms with Gasteiger partial charge in [0.25, 0.3) is 0 Å². The number of benzene rings is 1. The van der Waals surface area contributed by atoms with Crippen molar-refractivity contribution < 1.29 is 18.8 Å². The second-order valence-corrected chi connectivity index (χ2v) is 8.38. The SMILES string of the molecule is CCC(C)(C)NC(=O)C1CCCN(Cc2nc(-c3ccc(OC)c(OC)c3)no2)C1. The van der Waals surface area contributed by atoms with Gasteiger partial charge in [-0.1, -0.05) is 12.1 Å². The third kappa shape index (κ3) is 5.30. The van der Waals surface area contributed by atoms with E-state index in [0.717, 1.165) is 31.4 Å². The van der Waals surface area contributed by atoms with Gasteiger partial charge in [-0.05, 0) is 57.9 Å². The number of aromatic nitrogens is 2. The monoisotopic (exact) mass is 416 g/mol. The van der Waals surface area contributed by atoms with Crippen LogP contribution in [0.3, 0.4) is 0 Å². The van der Waals surface area contributed by atoms with Gasteiger partial charge in [0, 0.05) is 17.6 Å². The van der Waals surface area contributed by atoms with E-state index in [9.17, 15) is 4.79 Å². The molecular weight excluding hydrogens is 384 g/mol. The van der Waals surface area contributed by atoms with E-state index < -0.39 is 0 Å². The molecule has 2 aromatic rings. The Morgan fingerprint density at radius 3 is 2.77 bits per heavy atom. The number of carbonyl (C=O) groups excluding carboxylic acids is 1. The Morgan fingerprint density at radius 2 is 2.07 bits per heavy atom. The van der Waals surface area contributed by atoms with E-state index in [4.69, 9.17) is 14.0 Å². The van der Waals surface area contributed by atoms with E-state index >= 15 is 0 Å². The molecule has 1 amide bonds. The van der Waals surface area contributed by atoms with Crippen LogP contribution in [0, 0.1) is 5.92 Å². The highest BCUT2D eigenvalue weighted by Gasteiger charge is 2.29. The molecule has 1 aliphatic rings. The van der Waals surface area contributed by atoms with Gasteiger partial charge < -0.3 is 19.3 Å². The molecule has 1 N–H and O–H groups in total. The zero-order chi connectivity index (χ0) is 21.7. The summed E-state index contributed by atoms with van der Waals surface area (Å²) in [6.07, 6.45) is 2.78. The van der Waals surface area contributed by atoms with Crippen molar-refractivity contribution in [2.75, 3.05) is 27.3 Å². The van der Waals surface area contributed by atoms with E-state index in [-0.39, 0.29) is 17.4 Å². The molecule has 0 aliphatic carbocycles. The topological polar surface area (TPSA) is 89.7 Å². The van der Waals surface area contributed by atoms with Crippen molar-refractivity contribution in [1.82, 2.24) is 20.4 Å². The highest BCUT2D eigenvalue weighted by molar-refractivity contribution is 5.79. The van der Waals surface area contributed by atoms with Crippen LogP contribution in [-0.2, 0) is 11.3 Å². The van der Waals surface area contributed by atoms with Crippen molar-refractivity contribution in [2.45, 2.75) is 52.1 Å². The highest BCUT2D eigenvalue weighted by atomic mass is 16.5. The smallest absolute Gasteiger partial charge is 0.241 e. The van der Waals surface area contributed by atoms with Crippen LogP contribution in [0.5, 0.6) is 11.5 Å². The zero-order valence-electron chi connectivity index (χ0n) is 18.5. The van der Waals surface area contributed by atoms with Gasteiger partial charge in [0.1, 0.15) is 0 Å². The first-order valence-electron chi connectivity index (χ1n) is 10.4. The Kier molecular flexibility index (Phi) is 6.97. The van der Waals surface area contributed by atoms with Crippen molar-refractivity contribution >= 4 is 5.91 Å². The molecule has 0 spiro atoms. The van der Waals surface area contributed by atoms with E-state index in [1.165, 1.54) is 0 Å². The van der Waals surface area contributed by atoms with E-state index in [2.05, 4.69) is 41.1 Å². The lowest BCUT2D eigenvalue weighted by Gasteiger charge is -2.33. The number of nitrogens with one attached hydrogen (secondary N) is 1. The zero-order valence-corrected chi connectivity index (χ0v) is 18.5. The minimum Gasteiger partial charge on any atom is -0.493 e. The van der Waals surface area contributed by atoms with Gasteiger partial charge in [-0.15, -0.1) is 0 Å². The number of hydrogen-bond acceptors (Lipinski definition) is 7. The quantitative estimate of drug-likeness (QED) is 0.706. The maximum atomic E-state index is 12.7. The second-order valence-electron chi connectivity index (χ2n) is 8.38. The molecule has 8 nitrogen and oxygen atoms in total. The molecule has 1 aromatic heterocycles. The third-order valence-electron chi connectivity index (χ3n) is 5.69. The number of piperidine rings is 1. The van der Waals surface area contributed by atoms with Gasteiger partial charge in [0.05, 0.1) is 26.7 Å². The number of carbonyl (C=O) groups is 1. The summed E-state index contributed by atoms with van der Waals surface area (Å²) in [5.41, 5.74) is 0.612. The molecule has 1 atom stereocenters. The summed E-state index contributed by atoms with van der Waals surface area (Å²) in [6, 6.07) is 5.51. The molecular formula is C22H32N4O4. The van der Waals surface area contributed by atoms with Gasteiger partial charge in [-0.2, -0.15) is 4.98 Å². The molecule has 1 aliphatic heterocycles. The summed E-state index contributed by atoms with van der Waals surface area (Å²) >= 11 is 0. The van der Waals surface area contributed by atoms with Crippen molar-refractivity contribution in [3.05, 3.63) is 24.1 Å². The lowest BCUT2D eigenvalue weighted by Crippen LogP contribution is -2.49. The molecule has 1 fully saturated rings. The number of rotatable bonds is 8. The first kappa shape index (κ1) is 22.1. The first-order valence-corrected chi connectivity index (χ1v) is 10.4. The second kappa shape index (κ2) is 9.47. The lowest BCUT2D eigenvalue weighted by molar-refractivity contribution is -0.128. The number of likely N-dealkylation sites (tertiary alicyclic amines) is 1. The minimum absolute atomic E-state index is 0.0159. The van der Waals surface area contributed by atoms with Crippen LogP contribution in [-0.4, -0.2) is 53.8 Å². The number of ether oxygens (including phenoxy) is 2. The molecule has 30 heavy (non-hydrogen) atoms. The van der Waals surface area contributed by atoms with Gasteiger partial charge in [0.2, 0.25) is 17.6 Å². The molecule has 0 radical (unpaired) electrons. The Morgan fingerprint density at radius 1 is 1.30 bits per heavy atom. The van der Waals surface area contributed by atoms with Crippen LogP contribution >= 0.6 is 0 Å². The fourth-order valence-electron chi connectivity index (χ4n) is 3.54. The molecule has 8 heteroatoms. The lowest BCUT2D eigenvalue weighted by atomic mass is 9.94. The van der Waals surface area contributed by atoms with Gasteiger partial charge in [-0.3, -0.25) is 9.69 Å². The Bertz CT molecular complexity index is 865. The predicted octanol–water partition coefficient (Wildman–Crippen LogP) is 3.27. The average Bonchev–Trinajstić information content (AvgIpc) is 3.21. The fraction of sp³-hybridized carbons (Fsp3) is 0.591. The average molecular weight is 417 g/mol. The summed E-state index contributed by atoms with van der Waals surface area (Å²) in [6.45, 7) is 8.33. The maximum absolute atomic E-state index is 12.7. The molecule has 1 aromatic carbocycles. The van der Waals surface area contributed by atoms with E-state index in [1.807, 2.05) is 18.2 Å². The van der Waals surface area contributed by atoms with Crippen LogP contribution < -0.4 is 14.8 Å². The highest BCUT2D eigenvalue weighted by Crippen LogP contribution is 2.31. The van der Waals surface area contributed by atoms with Crippen LogP contribution in [0.25, 0.3) is 11.4 Å². The van der Waals surface area contributed by atoms with Crippen molar-refractivity contribution in [3.8, 4) is 22.9 Å². The number of methoxy groups -OCH3 is 2. The van der Waals surface area contributed by atoms with E-state index in [0.29, 0.717) is 36.3 Å². The normalized spacial score (nSPS) is 17.6. The largest absolute Gasteiger partial charge is 0.493 e. The molecule has 1 unspecified atom stereocenters. The molecule has 0 saturated carbocycles. The summed E-state index contributed by atoms with van der Waals surface area (Å²) in [4.78, 5) is 19.4. The molecule has 1 saturated heterocycles. The summed E-state index contributed by atoms with van der Waals surface area (Å²) in [5, 5.41) is 7.27. The van der Waals surface area contributed by atoms with Crippen LogP contribution in [0.1, 0.15) is 45.9 Å². The maximum Gasteiger partial charge on any atom is 0.241 e. The van der Waals surface area contributed by atoms with Crippen LogP contribution in [0.4, 0.5) is 0 Å². The van der Waals surface area contributed by atoms with Gasteiger partial charge >= 0.3 is 0 Å². The first-order chi connectivity index (χ1) is 14.3. The number of nitrogens with zero attached hydrogens (tertiary/aromatic N) is 3. The molecule has 164 valence electrons.